The molecule has 33 heavy (non-hydrogen) atoms. The number of amides is 1. The van der Waals surface area contributed by atoms with E-state index in [2.05, 4.69) is 24.4 Å². The predicted octanol–water partition coefficient (Wildman–Crippen LogP) is 4.73. The Morgan fingerprint density at radius 3 is 2.85 bits per heavy atom. The molecule has 0 saturated heterocycles. The average Bonchev–Trinajstić information content (AvgIpc) is 3.38. The molecule has 2 aromatic rings. The molecule has 1 amide bonds. The van der Waals surface area contributed by atoms with Gasteiger partial charge in [0.15, 0.2) is 5.78 Å². The number of hydrogen-bond donors (Lipinski definition) is 1. The Balaban J connectivity index is 1.44. The Bertz CT molecular complexity index is 1250. The number of fused-ring (bicyclic) bond motifs is 1. The number of benzene rings is 1. The summed E-state index contributed by atoms with van der Waals surface area (Å²) in [7, 11) is 0. The summed E-state index contributed by atoms with van der Waals surface area (Å²) in [5.74, 6) is 1.06. The third kappa shape index (κ3) is 3.79. The summed E-state index contributed by atoms with van der Waals surface area (Å²) >= 11 is 1.33. The molecule has 5 rings (SSSR count). The molecule has 7 heteroatoms. The van der Waals surface area contributed by atoms with Gasteiger partial charge in [-0.3, -0.25) is 9.59 Å². The van der Waals surface area contributed by atoms with Gasteiger partial charge in [0, 0.05) is 29.4 Å². The van der Waals surface area contributed by atoms with Crippen LogP contribution in [0.5, 0.6) is 0 Å². The number of dihydropyridines is 1. The number of hydrogen-bond acceptors (Lipinski definition) is 6. The van der Waals surface area contributed by atoms with Gasteiger partial charge in [0.2, 0.25) is 5.91 Å². The van der Waals surface area contributed by atoms with Gasteiger partial charge in [0.25, 0.3) is 0 Å². The highest BCUT2D eigenvalue weighted by molar-refractivity contribution is 8.03. The van der Waals surface area contributed by atoms with E-state index in [1.165, 1.54) is 17.3 Å². The highest BCUT2D eigenvalue weighted by atomic mass is 32.2. The van der Waals surface area contributed by atoms with E-state index in [1.807, 2.05) is 42.2 Å². The molecule has 3 heterocycles. The van der Waals surface area contributed by atoms with Crippen LogP contribution >= 0.6 is 11.8 Å². The molecule has 0 spiro atoms. The van der Waals surface area contributed by atoms with E-state index in [0.29, 0.717) is 28.4 Å². The zero-order chi connectivity index (χ0) is 23.1. The number of nitrogens with zero attached hydrogens (tertiary/aromatic N) is 2. The number of ketones is 1. The summed E-state index contributed by atoms with van der Waals surface area (Å²) in [6.07, 6.45) is 2.83. The van der Waals surface area contributed by atoms with Crippen LogP contribution < -0.4 is 10.2 Å². The number of carbonyl (C=O) groups excluding carboxylic acids is 2. The van der Waals surface area contributed by atoms with Gasteiger partial charge in [-0.25, -0.2) is 0 Å². The van der Waals surface area contributed by atoms with Crippen molar-refractivity contribution in [2.45, 2.75) is 51.5 Å². The van der Waals surface area contributed by atoms with Crippen LogP contribution in [-0.2, 0) is 16.0 Å². The van der Waals surface area contributed by atoms with E-state index in [9.17, 15) is 14.9 Å². The number of para-hydroxylation sites is 1. The van der Waals surface area contributed by atoms with Gasteiger partial charge in [-0.2, -0.15) is 5.26 Å². The van der Waals surface area contributed by atoms with Crippen molar-refractivity contribution in [3.63, 3.8) is 0 Å². The van der Waals surface area contributed by atoms with Crippen molar-refractivity contribution >= 4 is 29.1 Å². The molecule has 0 radical (unpaired) electrons. The number of anilines is 1. The molecule has 1 aromatic carbocycles. The van der Waals surface area contributed by atoms with E-state index in [4.69, 9.17) is 4.42 Å². The molecule has 1 aromatic heterocycles. The van der Waals surface area contributed by atoms with Gasteiger partial charge in [0.1, 0.15) is 11.5 Å². The third-order valence-corrected chi connectivity index (χ3v) is 7.53. The lowest BCUT2D eigenvalue weighted by molar-refractivity contribution is -0.117. The second-order valence-electron chi connectivity index (χ2n) is 8.76. The van der Waals surface area contributed by atoms with Crippen LogP contribution in [0.2, 0.25) is 0 Å². The van der Waals surface area contributed by atoms with Crippen molar-refractivity contribution in [2.24, 2.45) is 0 Å². The summed E-state index contributed by atoms with van der Waals surface area (Å²) in [6.45, 7) is 3.91. The van der Waals surface area contributed by atoms with E-state index in [1.54, 1.807) is 0 Å². The average molecular weight is 460 g/mol. The smallest absolute Gasteiger partial charge is 0.237 e. The summed E-state index contributed by atoms with van der Waals surface area (Å²) in [6, 6.07) is 14.1. The quantitative estimate of drug-likeness (QED) is 0.712. The van der Waals surface area contributed by atoms with Crippen molar-refractivity contribution < 1.29 is 14.0 Å². The monoisotopic (exact) mass is 459 g/mol. The number of allylic oxidation sites excluding steroid dienone is 3. The summed E-state index contributed by atoms with van der Waals surface area (Å²) in [5.41, 5.74) is 4.06. The fourth-order valence-electron chi connectivity index (χ4n) is 5.08. The molecule has 3 aliphatic rings. The minimum Gasteiger partial charge on any atom is -0.465 e. The molecule has 168 valence electrons. The molecule has 0 unspecified atom stereocenters. The normalized spacial score (nSPS) is 22.1. The number of Topliss-reactive ketones (excluding diaryl/α,β-unsaturated/α-hetero) is 1. The maximum absolute atomic E-state index is 13.2. The van der Waals surface area contributed by atoms with Gasteiger partial charge in [-0.05, 0) is 56.9 Å². The van der Waals surface area contributed by atoms with Crippen LogP contribution in [0.25, 0.3) is 0 Å². The van der Waals surface area contributed by atoms with Crippen LogP contribution in [0.1, 0.15) is 49.2 Å². The number of aryl methyl sites for hydroxylation is 1. The summed E-state index contributed by atoms with van der Waals surface area (Å²) < 4.78 is 5.88. The fraction of sp³-hybridized carbons (Fsp3) is 0.346. The van der Waals surface area contributed by atoms with Gasteiger partial charge in [0.05, 0.1) is 28.3 Å². The maximum atomic E-state index is 13.2. The zero-order valence-electron chi connectivity index (χ0n) is 18.7. The molecule has 2 atom stereocenters. The highest BCUT2D eigenvalue weighted by Crippen LogP contribution is 2.44. The van der Waals surface area contributed by atoms with Crippen LogP contribution in [0, 0.1) is 18.3 Å². The largest absolute Gasteiger partial charge is 0.465 e. The van der Waals surface area contributed by atoms with Gasteiger partial charge >= 0.3 is 0 Å². The predicted molar refractivity (Wildman–Crippen MR) is 127 cm³/mol. The molecule has 0 saturated carbocycles. The zero-order valence-corrected chi connectivity index (χ0v) is 19.5. The van der Waals surface area contributed by atoms with E-state index < -0.39 is 5.92 Å². The molecule has 0 bridgehead atoms. The van der Waals surface area contributed by atoms with E-state index >= 15 is 0 Å². The lowest BCUT2D eigenvalue weighted by Crippen LogP contribution is -2.37. The number of rotatable bonds is 4. The van der Waals surface area contributed by atoms with Crippen LogP contribution in [0.3, 0.4) is 0 Å². The number of nitriles is 1. The number of furan rings is 1. The van der Waals surface area contributed by atoms with Gasteiger partial charge < -0.3 is 14.6 Å². The first-order valence-electron chi connectivity index (χ1n) is 11.2. The SMILES string of the molecule is Cc1ccc([C@@H]2C(C#N)=C(SCC(=O)N3c4ccccc4C[C@@H]3C)NC3=C2C(=O)CCC3)o1. The van der Waals surface area contributed by atoms with Crippen molar-refractivity contribution in [3.05, 3.63) is 75.4 Å². The number of thioether (sulfide) groups is 1. The first-order chi connectivity index (χ1) is 16.0. The molecule has 6 nitrogen and oxygen atoms in total. The van der Waals surface area contributed by atoms with E-state index in [0.717, 1.165) is 36.4 Å². The highest BCUT2D eigenvalue weighted by Gasteiger charge is 2.39. The number of nitrogens with one attached hydrogen (secondary N) is 1. The van der Waals surface area contributed by atoms with Crippen molar-refractivity contribution in [3.8, 4) is 6.07 Å². The lowest BCUT2D eigenvalue weighted by atomic mass is 9.79. The van der Waals surface area contributed by atoms with Gasteiger partial charge in [-0.15, -0.1) is 0 Å². The van der Waals surface area contributed by atoms with Crippen LogP contribution in [-0.4, -0.2) is 23.5 Å². The molecule has 2 aliphatic heterocycles. The van der Waals surface area contributed by atoms with Crippen molar-refractivity contribution in [1.29, 1.82) is 5.26 Å². The first kappa shape index (κ1) is 21.6. The Morgan fingerprint density at radius 1 is 1.27 bits per heavy atom. The fourth-order valence-corrected chi connectivity index (χ4v) is 6.00. The molecule has 1 aliphatic carbocycles. The van der Waals surface area contributed by atoms with Crippen molar-refractivity contribution in [2.75, 3.05) is 10.7 Å². The summed E-state index contributed by atoms with van der Waals surface area (Å²) in [5, 5.41) is 14.1. The minimum atomic E-state index is -0.531. The molecule has 1 N–H and O–H groups in total. The standard InChI is InChI=1S/C26H25N3O3S/c1-15-12-17-6-3-4-8-20(17)29(15)23(31)14-33-26-18(13-27)24(22-11-10-16(2)32-22)25-19(28-26)7-5-9-21(25)30/h3-4,6,8,10-11,15,24,28H,5,7,9,12,14H2,1-2H3/t15-,24-/m0/s1. The topological polar surface area (TPSA) is 86.3 Å². The Morgan fingerprint density at radius 2 is 2.09 bits per heavy atom. The third-order valence-electron chi connectivity index (χ3n) is 6.52. The Kier molecular flexibility index (Phi) is 5.63. The second-order valence-corrected chi connectivity index (χ2v) is 9.75. The number of carbonyl (C=O) groups is 2. The molecular formula is C26H25N3O3S. The van der Waals surface area contributed by atoms with E-state index in [-0.39, 0.29) is 23.5 Å². The molecule has 0 fully saturated rings. The van der Waals surface area contributed by atoms with Crippen LogP contribution in [0.4, 0.5) is 5.69 Å². The van der Waals surface area contributed by atoms with Crippen LogP contribution in [0.15, 0.2) is 62.7 Å². The van der Waals surface area contributed by atoms with Gasteiger partial charge in [-0.1, -0.05) is 30.0 Å². The maximum Gasteiger partial charge on any atom is 0.237 e. The summed E-state index contributed by atoms with van der Waals surface area (Å²) in [4.78, 5) is 27.9. The first-order valence-corrected chi connectivity index (χ1v) is 12.2. The lowest BCUT2D eigenvalue weighted by Gasteiger charge is -2.32. The molecular weight excluding hydrogens is 434 g/mol. The Hall–Kier alpha value is -3.24. The Labute approximate surface area is 197 Å². The van der Waals surface area contributed by atoms with Crippen molar-refractivity contribution in [1.82, 2.24) is 5.32 Å². The second kappa shape index (κ2) is 8.60. The minimum absolute atomic E-state index is 0.00827.